The Morgan fingerprint density at radius 3 is 2.60 bits per heavy atom. The van der Waals surface area contributed by atoms with Gasteiger partial charge in [-0.15, -0.1) is 0 Å². The summed E-state index contributed by atoms with van der Waals surface area (Å²) in [6, 6.07) is 9.87. The van der Waals surface area contributed by atoms with Crippen LogP contribution in [0.5, 0.6) is 0 Å². The Hall–Kier alpha value is -3.37. The molecule has 12 heteroatoms. The van der Waals surface area contributed by atoms with Crippen molar-refractivity contribution in [3.05, 3.63) is 74.9 Å². The predicted molar refractivity (Wildman–Crippen MR) is 148 cm³/mol. The number of nitrogens with zero attached hydrogens (tertiary/aromatic N) is 4. The third kappa shape index (κ3) is 6.67. The van der Waals surface area contributed by atoms with Crippen LogP contribution in [0.4, 0.5) is 14.9 Å². The maximum absolute atomic E-state index is 15.1. The molecule has 2 aromatic carbocycles. The first kappa shape index (κ1) is 29.6. The Labute approximate surface area is 237 Å². The molecule has 0 saturated carbocycles. The van der Waals surface area contributed by atoms with Gasteiger partial charge in [-0.3, -0.25) is 9.69 Å². The number of ether oxygens (including phenoxy) is 2. The van der Waals surface area contributed by atoms with Crippen LogP contribution in [0, 0.1) is 11.7 Å². The molecule has 2 fully saturated rings. The van der Waals surface area contributed by atoms with E-state index in [1.54, 1.807) is 32.0 Å². The van der Waals surface area contributed by atoms with Gasteiger partial charge >= 0.3 is 6.09 Å². The van der Waals surface area contributed by atoms with Gasteiger partial charge in [-0.25, -0.2) is 9.18 Å². The number of carbonyl (C=O) groups excluding carboxylic acids is 1. The van der Waals surface area contributed by atoms with E-state index in [9.17, 15) is 20.2 Å². The molecule has 40 heavy (non-hydrogen) atoms. The van der Waals surface area contributed by atoms with Crippen molar-refractivity contribution in [2.24, 2.45) is 11.0 Å². The van der Waals surface area contributed by atoms with E-state index in [4.69, 9.17) is 21.1 Å². The Kier molecular flexibility index (Phi) is 9.52. The van der Waals surface area contributed by atoms with Crippen molar-refractivity contribution in [2.75, 3.05) is 25.1 Å². The number of rotatable bonds is 9. The molecular weight excluding hydrogens is 541 g/mol. The highest BCUT2D eigenvalue weighted by Gasteiger charge is 2.44. The van der Waals surface area contributed by atoms with Gasteiger partial charge in [-0.1, -0.05) is 34.9 Å². The van der Waals surface area contributed by atoms with Gasteiger partial charge in [0.1, 0.15) is 17.6 Å². The van der Waals surface area contributed by atoms with Crippen molar-refractivity contribution < 1.29 is 28.6 Å². The first-order valence-corrected chi connectivity index (χ1v) is 13.6. The first-order valence-electron chi connectivity index (χ1n) is 13.2. The second-order valence-electron chi connectivity index (χ2n) is 10.5. The number of hydrogen-bond acceptors (Lipinski definition) is 5. The van der Waals surface area contributed by atoms with E-state index in [0.29, 0.717) is 31.1 Å². The van der Waals surface area contributed by atoms with Crippen molar-refractivity contribution in [2.45, 2.75) is 63.3 Å². The number of hydrogen-bond donors (Lipinski definition) is 2. The number of anilines is 1. The van der Waals surface area contributed by atoms with Crippen molar-refractivity contribution >= 4 is 29.3 Å². The van der Waals surface area contributed by atoms with E-state index in [0.717, 1.165) is 5.56 Å². The molecule has 0 aliphatic carbocycles. The van der Waals surface area contributed by atoms with Crippen LogP contribution in [0.3, 0.4) is 0 Å². The lowest BCUT2D eigenvalue weighted by Crippen LogP contribution is -2.47. The molecule has 3 atom stereocenters. The fraction of sp³-hybridized carbons (Fsp3) is 0.500. The smallest absolute Gasteiger partial charge is 0.409 e. The average Bonchev–Trinajstić information content (AvgIpc) is 3.23. The van der Waals surface area contributed by atoms with Gasteiger partial charge < -0.3 is 19.9 Å². The van der Waals surface area contributed by atoms with E-state index in [1.807, 2.05) is 12.1 Å². The van der Waals surface area contributed by atoms with Gasteiger partial charge in [0.2, 0.25) is 5.91 Å². The summed E-state index contributed by atoms with van der Waals surface area (Å²) in [6.07, 6.45) is 0.692. The summed E-state index contributed by atoms with van der Waals surface area (Å²) >= 11 is 6.10. The molecule has 0 radical (unpaired) electrons. The normalized spacial score (nSPS) is 20.4. The van der Waals surface area contributed by atoms with Gasteiger partial charge in [0.15, 0.2) is 0 Å². The molecule has 2 aromatic rings. The number of carbonyl (C=O) groups is 2. The Balaban J connectivity index is 1.59. The number of halogens is 2. The van der Waals surface area contributed by atoms with Crippen LogP contribution in [0.2, 0.25) is 5.02 Å². The lowest BCUT2D eigenvalue weighted by Gasteiger charge is -2.34. The van der Waals surface area contributed by atoms with Crippen LogP contribution >= 0.6 is 11.6 Å². The molecule has 10 nitrogen and oxygen atoms in total. The predicted octanol–water partition coefficient (Wildman–Crippen LogP) is 6.35. The quantitative estimate of drug-likeness (QED) is 0.204. The summed E-state index contributed by atoms with van der Waals surface area (Å²) in [4.78, 5) is 29.8. The fourth-order valence-electron chi connectivity index (χ4n) is 5.75. The largest absolute Gasteiger partial charge is 0.465 e. The lowest BCUT2D eigenvalue weighted by atomic mass is 9.76. The van der Waals surface area contributed by atoms with Gasteiger partial charge in [-0.2, -0.15) is 0 Å². The minimum Gasteiger partial charge on any atom is -0.465 e. The number of azide groups is 1. The minimum atomic E-state index is -1.12. The van der Waals surface area contributed by atoms with E-state index < -0.39 is 41.5 Å². The van der Waals surface area contributed by atoms with Crippen molar-refractivity contribution in [3.8, 4) is 0 Å². The van der Waals surface area contributed by atoms with Crippen LogP contribution in [-0.2, 0) is 20.7 Å². The van der Waals surface area contributed by atoms with E-state index in [2.05, 4.69) is 15.3 Å². The third-order valence-electron chi connectivity index (χ3n) is 7.70. The van der Waals surface area contributed by atoms with Crippen LogP contribution in [0.15, 0.2) is 47.6 Å². The molecule has 0 aromatic heterocycles. The van der Waals surface area contributed by atoms with Crippen LogP contribution < -0.4 is 5.32 Å². The zero-order valence-electron chi connectivity index (χ0n) is 22.4. The molecule has 2 aliphatic heterocycles. The maximum Gasteiger partial charge on any atom is 0.409 e. The van der Waals surface area contributed by atoms with Gasteiger partial charge in [0.25, 0.3) is 0 Å². The molecule has 2 heterocycles. The van der Waals surface area contributed by atoms with Crippen molar-refractivity contribution in [1.29, 1.82) is 0 Å². The van der Waals surface area contributed by atoms with Crippen LogP contribution in [0.1, 0.15) is 50.2 Å². The Bertz CT molecular complexity index is 1260. The topological polar surface area (TPSA) is 137 Å². The minimum absolute atomic E-state index is 0.0101. The molecule has 1 unspecified atom stereocenters. The highest BCUT2D eigenvalue weighted by Crippen LogP contribution is 2.38. The fourth-order valence-corrected chi connectivity index (χ4v) is 5.87. The summed E-state index contributed by atoms with van der Waals surface area (Å²) < 4.78 is 26.2. The van der Waals surface area contributed by atoms with E-state index >= 15 is 4.39 Å². The second-order valence-corrected chi connectivity index (χ2v) is 11.0. The summed E-state index contributed by atoms with van der Waals surface area (Å²) in [6.45, 7) is 4.58. The molecule has 2 N–H and O–H groups in total. The molecule has 214 valence electrons. The maximum atomic E-state index is 15.1. The van der Waals surface area contributed by atoms with E-state index in [-0.39, 0.29) is 36.6 Å². The summed E-state index contributed by atoms with van der Waals surface area (Å²) in [5.41, 5.74) is 9.70. The van der Waals surface area contributed by atoms with Gasteiger partial charge in [-0.05, 0) is 80.8 Å². The van der Waals surface area contributed by atoms with Crippen LogP contribution in [0.25, 0.3) is 10.4 Å². The summed E-state index contributed by atoms with van der Waals surface area (Å²) in [7, 11) is 0. The second kappa shape index (κ2) is 12.9. The number of amides is 2. The molecule has 0 spiro atoms. The van der Waals surface area contributed by atoms with Gasteiger partial charge in [0, 0.05) is 40.3 Å². The number of benzene rings is 2. The SMILES string of the molecule is CC1(C)OCC(CCc2c(F)cccc2NC(=O)[C@@H](N=[N+]=[N-])[C@@H](c2ccc(Cl)cc2)C2CCOCC2)N1C(=O)O. The molecule has 2 saturated heterocycles. The number of nitrogens with one attached hydrogen (secondary N) is 1. The summed E-state index contributed by atoms with van der Waals surface area (Å²) in [5, 5.41) is 16.9. The Morgan fingerprint density at radius 2 is 1.95 bits per heavy atom. The van der Waals surface area contributed by atoms with E-state index in [1.165, 1.54) is 17.0 Å². The average molecular weight is 574 g/mol. The standard InChI is InChI=1S/C28H33ClFN5O5/c1-28(2)35(27(37)38)20(16-40-28)10-11-21-22(30)4-3-5-23(21)32-26(36)25(33-34-31)24(18-12-14-39-15-13-18)17-6-8-19(29)9-7-17/h3-9,18,20,24-25H,10-16H2,1-2H3,(H,32,36)(H,37,38)/t20?,24-,25-/m0/s1. The van der Waals surface area contributed by atoms with Crippen LogP contribution in [-0.4, -0.2) is 59.6 Å². The molecule has 2 amide bonds. The first-order chi connectivity index (χ1) is 19.1. The highest BCUT2D eigenvalue weighted by atomic mass is 35.5. The number of carboxylic acid groups (broad SMARTS) is 1. The lowest BCUT2D eigenvalue weighted by molar-refractivity contribution is -0.118. The van der Waals surface area contributed by atoms with Crippen molar-refractivity contribution in [1.82, 2.24) is 4.90 Å². The Morgan fingerprint density at radius 1 is 1.25 bits per heavy atom. The monoisotopic (exact) mass is 573 g/mol. The zero-order valence-corrected chi connectivity index (χ0v) is 23.2. The third-order valence-corrected chi connectivity index (χ3v) is 7.95. The zero-order chi connectivity index (χ0) is 28.9. The highest BCUT2D eigenvalue weighted by molar-refractivity contribution is 6.30. The molecule has 0 bridgehead atoms. The molecule has 2 aliphatic rings. The van der Waals surface area contributed by atoms with Crippen molar-refractivity contribution in [3.63, 3.8) is 0 Å². The molecule has 4 rings (SSSR count). The van der Waals surface area contributed by atoms with Gasteiger partial charge in [0.05, 0.1) is 12.6 Å². The summed E-state index contributed by atoms with van der Waals surface area (Å²) in [5.74, 6) is -1.53. The molecular formula is C28H33ClFN5O5.